The highest BCUT2D eigenvalue weighted by molar-refractivity contribution is 6.35. The molecule has 126 valence electrons. The van der Waals surface area contributed by atoms with Crippen molar-refractivity contribution < 1.29 is 9.59 Å². The van der Waals surface area contributed by atoms with Crippen molar-refractivity contribution >= 4 is 22.6 Å². The first-order valence-corrected chi connectivity index (χ1v) is 7.71. The Morgan fingerprint density at radius 1 is 0.840 bits per heavy atom. The van der Waals surface area contributed by atoms with Crippen LogP contribution in [0.4, 0.5) is 0 Å². The normalized spacial score (nSPS) is 10.4. The van der Waals surface area contributed by atoms with E-state index >= 15 is 0 Å². The Hall–Kier alpha value is -3.48. The molecule has 0 saturated heterocycles. The third-order valence-corrected chi connectivity index (χ3v) is 3.69. The molecular weight excluding hydrogens is 320 g/mol. The van der Waals surface area contributed by atoms with Crippen molar-refractivity contribution in [2.24, 2.45) is 0 Å². The monoisotopic (exact) mass is 336 g/mol. The number of aromatic amines is 1. The predicted molar refractivity (Wildman–Crippen MR) is 92.5 cm³/mol. The quantitative estimate of drug-likeness (QED) is 0.615. The number of nitrogens with zero attached hydrogens (tertiary/aromatic N) is 1. The number of nitrogens with one attached hydrogen (secondary N) is 3. The largest absolute Gasteiger partial charge is 0.344 e. The smallest absolute Gasteiger partial charge is 0.309 e. The van der Waals surface area contributed by atoms with Crippen molar-refractivity contribution in [1.29, 1.82) is 0 Å². The van der Waals surface area contributed by atoms with E-state index in [1.54, 1.807) is 24.3 Å². The molecule has 0 aliphatic heterocycles. The standard InChI is InChI=1S/C18H16N4O3/c23-16-14-9-5-4-8-13(14)15(21-22-16)11-20-18(25)17(24)19-10-12-6-2-1-3-7-12/h1-9H,10-11H2,(H,19,24)(H,20,25)(H,22,23). The van der Waals surface area contributed by atoms with Gasteiger partial charge in [0.1, 0.15) is 0 Å². The van der Waals surface area contributed by atoms with Crippen LogP contribution in [0.1, 0.15) is 11.3 Å². The summed E-state index contributed by atoms with van der Waals surface area (Å²) in [6, 6.07) is 16.2. The van der Waals surface area contributed by atoms with Gasteiger partial charge in [0, 0.05) is 11.9 Å². The number of hydrogen-bond donors (Lipinski definition) is 3. The Labute approximate surface area is 143 Å². The summed E-state index contributed by atoms with van der Waals surface area (Å²) in [5, 5.41) is 12.5. The third-order valence-electron chi connectivity index (χ3n) is 3.69. The number of carbonyl (C=O) groups excluding carboxylic acids is 2. The van der Waals surface area contributed by atoms with Crippen LogP contribution in [0.2, 0.25) is 0 Å². The molecule has 7 heteroatoms. The van der Waals surface area contributed by atoms with Gasteiger partial charge in [0.05, 0.1) is 17.6 Å². The van der Waals surface area contributed by atoms with Crippen LogP contribution < -0.4 is 16.2 Å². The molecule has 0 aliphatic carbocycles. The summed E-state index contributed by atoms with van der Waals surface area (Å²) in [5.41, 5.74) is 1.09. The van der Waals surface area contributed by atoms with Gasteiger partial charge in [-0.3, -0.25) is 14.4 Å². The molecule has 0 saturated carbocycles. The van der Waals surface area contributed by atoms with Crippen LogP contribution in [0.3, 0.4) is 0 Å². The Morgan fingerprint density at radius 2 is 1.44 bits per heavy atom. The summed E-state index contributed by atoms with van der Waals surface area (Å²) in [6.45, 7) is 0.307. The lowest BCUT2D eigenvalue weighted by Crippen LogP contribution is -2.39. The van der Waals surface area contributed by atoms with E-state index in [0.717, 1.165) is 5.56 Å². The fraction of sp³-hybridized carbons (Fsp3) is 0.111. The van der Waals surface area contributed by atoms with Gasteiger partial charge in [0.15, 0.2) is 0 Å². The minimum atomic E-state index is -0.756. The summed E-state index contributed by atoms with van der Waals surface area (Å²) in [6.07, 6.45) is 0. The third kappa shape index (κ3) is 3.89. The highest BCUT2D eigenvalue weighted by Crippen LogP contribution is 2.11. The van der Waals surface area contributed by atoms with Crippen molar-refractivity contribution in [1.82, 2.24) is 20.8 Å². The Bertz CT molecular complexity index is 967. The fourth-order valence-electron chi connectivity index (χ4n) is 2.41. The summed E-state index contributed by atoms with van der Waals surface area (Å²) in [7, 11) is 0. The van der Waals surface area contributed by atoms with E-state index in [-0.39, 0.29) is 18.6 Å². The van der Waals surface area contributed by atoms with E-state index in [1.165, 1.54) is 0 Å². The SMILES string of the molecule is O=C(NCc1ccccc1)C(=O)NCc1n[nH]c(=O)c2ccccc12. The van der Waals surface area contributed by atoms with Gasteiger partial charge < -0.3 is 10.6 Å². The topological polar surface area (TPSA) is 104 Å². The van der Waals surface area contributed by atoms with Crippen LogP contribution in [0.5, 0.6) is 0 Å². The van der Waals surface area contributed by atoms with Crippen molar-refractivity contribution in [3.05, 3.63) is 76.2 Å². The van der Waals surface area contributed by atoms with E-state index < -0.39 is 11.8 Å². The van der Waals surface area contributed by atoms with E-state index in [9.17, 15) is 14.4 Å². The van der Waals surface area contributed by atoms with Crippen LogP contribution in [-0.2, 0) is 22.7 Å². The van der Waals surface area contributed by atoms with Crippen molar-refractivity contribution in [3.63, 3.8) is 0 Å². The number of aromatic nitrogens is 2. The first-order chi connectivity index (χ1) is 12.1. The molecule has 3 aromatic rings. The summed E-state index contributed by atoms with van der Waals surface area (Å²) in [4.78, 5) is 35.5. The molecule has 2 aromatic carbocycles. The number of rotatable bonds is 4. The molecule has 3 N–H and O–H groups in total. The molecule has 25 heavy (non-hydrogen) atoms. The average Bonchev–Trinajstić information content (AvgIpc) is 2.66. The van der Waals surface area contributed by atoms with Gasteiger partial charge in [-0.1, -0.05) is 48.5 Å². The lowest BCUT2D eigenvalue weighted by Gasteiger charge is -2.08. The van der Waals surface area contributed by atoms with E-state index in [4.69, 9.17) is 0 Å². The second-order valence-electron chi connectivity index (χ2n) is 5.40. The number of carbonyl (C=O) groups is 2. The van der Waals surface area contributed by atoms with Gasteiger partial charge in [-0.05, 0) is 11.6 Å². The highest BCUT2D eigenvalue weighted by atomic mass is 16.2. The molecule has 0 radical (unpaired) electrons. The zero-order valence-electron chi connectivity index (χ0n) is 13.3. The number of hydrogen-bond acceptors (Lipinski definition) is 4. The predicted octanol–water partition coefficient (Wildman–Crippen LogP) is 0.856. The van der Waals surface area contributed by atoms with Gasteiger partial charge in [-0.15, -0.1) is 0 Å². The van der Waals surface area contributed by atoms with Gasteiger partial charge in [-0.2, -0.15) is 5.10 Å². The molecule has 3 rings (SSSR count). The summed E-state index contributed by atoms with van der Waals surface area (Å²) < 4.78 is 0. The lowest BCUT2D eigenvalue weighted by atomic mass is 10.1. The number of H-pyrrole nitrogens is 1. The van der Waals surface area contributed by atoms with Crippen LogP contribution in [0.15, 0.2) is 59.4 Å². The number of amides is 2. The maximum atomic E-state index is 11.9. The van der Waals surface area contributed by atoms with Gasteiger partial charge in [0.2, 0.25) is 0 Å². The van der Waals surface area contributed by atoms with Crippen molar-refractivity contribution in [2.75, 3.05) is 0 Å². The zero-order valence-corrected chi connectivity index (χ0v) is 13.3. The molecule has 0 spiro atoms. The number of benzene rings is 2. The molecule has 1 heterocycles. The van der Waals surface area contributed by atoms with Crippen molar-refractivity contribution in [2.45, 2.75) is 13.1 Å². The van der Waals surface area contributed by atoms with Crippen LogP contribution >= 0.6 is 0 Å². The van der Waals surface area contributed by atoms with E-state index in [1.807, 2.05) is 30.3 Å². The van der Waals surface area contributed by atoms with E-state index in [2.05, 4.69) is 20.8 Å². The molecule has 1 aromatic heterocycles. The zero-order chi connectivity index (χ0) is 17.6. The Balaban J connectivity index is 1.62. The molecular formula is C18H16N4O3. The van der Waals surface area contributed by atoms with E-state index in [0.29, 0.717) is 16.5 Å². The highest BCUT2D eigenvalue weighted by Gasteiger charge is 2.14. The molecule has 0 aliphatic rings. The minimum absolute atomic E-state index is 0.0366. The summed E-state index contributed by atoms with van der Waals surface area (Å²) >= 11 is 0. The van der Waals surface area contributed by atoms with Gasteiger partial charge in [0.25, 0.3) is 5.56 Å². The molecule has 7 nitrogen and oxygen atoms in total. The first-order valence-electron chi connectivity index (χ1n) is 7.71. The second kappa shape index (κ2) is 7.39. The Morgan fingerprint density at radius 3 is 2.16 bits per heavy atom. The maximum Gasteiger partial charge on any atom is 0.309 e. The van der Waals surface area contributed by atoms with Crippen molar-refractivity contribution in [3.8, 4) is 0 Å². The molecule has 0 fully saturated rings. The number of fused-ring (bicyclic) bond motifs is 1. The van der Waals surface area contributed by atoms with Gasteiger partial charge >= 0.3 is 11.8 Å². The van der Waals surface area contributed by atoms with Crippen LogP contribution in [0, 0.1) is 0 Å². The average molecular weight is 336 g/mol. The fourth-order valence-corrected chi connectivity index (χ4v) is 2.41. The maximum absolute atomic E-state index is 11.9. The lowest BCUT2D eigenvalue weighted by molar-refractivity contribution is -0.139. The molecule has 2 amide bonds. The molecule has 0 atom stereocenters. The molecule has 0 unspecified atom stereocenters. The first kappa shape index (κ1) is 16.4. The van der Waals surface area contributed by atoms with Crippen LogP contribution in [0.25, 0.3) is 10.8 Å². The minimum Gasteiger partial charge on any atom is -0.344 e. The second-order valence-corrected chi connectivity index (χ2v) is 5.40. The summed E-state index contributed by atoms with van der Waals surface area (Å²) in [5.74, 6) is -1.48. The molecule has 0 bridgehead atoms. The van der Waals surface area contributed by atoms with Gasteiger partial charge in [-0.25, -0.2) is 5.10 Å². The Kier molecular flexibility index (Phi) is 4.84. The van der Waals surface area contributed by atoms with Crippen LogP contribution in [-0.4, -0.2) is 22.0 Å².